The summed E-state index contributed by atoms with van der Waals surface area (Å²) in [5.41, 5.74) is 0.504. The maximum atomic E-state index is 12.9. The van der Waals surface area contributed by atoms with E-state index in [-0.39, 0.29) is 53.5 Å². The highest BCUT2D eigenvalue weighted by atomic mass is 16.3. The molecule has 0 aliphatic heterocycles. The van der Waals surface area contributed by atoms with Crippen molar-refractivity contribution < 1.29 is 19.5 Å². The molecule has 0 aromatic heterocycles. The molecule has 26 heavy (non-hydrogen) atoms. The van der Waals surface area contributed by atoms with Gasteiger partial charge >= 0.3 is 0 Å². The van der Waals surface area contributed by atoms with E-state index in [0.717, 1.165) is 37.7 Å². The van der Waals surface area contributed by atoms with Crippen LogP contribution in [0, 0.1) is 40.4 Å². The zero-order chi connectivity index (χ0) is 18.9. The van der Waals surface area contributed by atoms with Gasteiger partial charge in [-0.1, -0.05) is 19.4 Å². The molecule has 0 bridgehead atoms. The average Bonchev–Trinajstić information content (AvgIpc) is 2.86. The Balaban J connectivity index is 1.71. The molecule has 142 valence electrons. The van der Waals surface area contributed by atoms with Crippen LogP contribution < -0.4 is 0 Å². The predicted octanol–water partition coefficient (Wildman–Crippen LogP) is 3.12. The predicted molar refractivity (Wildman–Crippen MR) is 97.2 cm³/mol. The minimum Gasteiger partial charge on any atom is -0.389 e. The zero-order valence-electron chi connectivity index (χ0n) is 16.1. The third-order valence-corrected chi connectivity index (χ3v) is 8.69. The van der Waals surface area contributed by atoms with Gasteiger partial charge in [0.05, 0.1) is 11.8 Å². The number of hydrogen-bond donors (Lipinski definition) is 1. The van der Waals surface area contributed by atoms with Gasteiger partial charge in [-0.05, 0) is 74.2 Å². The van der Waals surface area contributed by atoms with Crippen LogP contribution in [0.3, 0.4) is 0 Å². The summed E-state index contributed by atoms with van der Waals surface area (Å²) < 4.78 is 0. The molecule has 1 unspecified atom stereocenters. The Kier molecular flexibility index (Phi) is 4.07. The Hall–Kier alpha value is -1.29. The minimum atomic E-state index is -0.486. The molecule has 4 heteroatoms. The van der Waals surface area contributed by atoms with Gasteiger partial charge in [0.25, 0.3) is 0 Å². The van der Waals surface area contributed by atoms with Crippen molar-refractivity contribution in [2.75, 3.05) is 6.61 Å². The van der Waals surface area contributed by atoms with Crippen LogP contribution in [0.4, 0.5) is 0 Å². The number of hydrogen-bond acceptors (Lipinski definition) is 4. The summed E-state index contributed by atoms with van der Waals surface area (Å²) in [6, 6.07) is 0. The molecule has 0 heterocycles. The van der Waals surface area contributed by atoms with Crippen LogP contribution in [-0.2, 0) is 14.4 Å². The van der Waals surface area contributed by atoms with Crippen molar-refractivity contribution >= 4 is 17.3 Å². The molecule has 0 spiro atoms. The van der Waals surface area contributed by atoms with E-state index in [2.05, 4.69) is 20.8 Å². The second-order valence-electron chi connectivity index (χ2n) is 9.71. The van der Waals surface area contributed by atoms with E-state index in [9.17, 15) is 19.5 Å². The van der Waals surface area contributed by atoms with E-state index >= 15 is 0 Å². The molecule has 0 aromatic rings. The first-order chi connectivity index (χ1) is 12.2. The van der Waals surface area contributed by atoms with Crippen LogP contribution in [0.15, 0.2) is 11.6 Å². The summed E-state index contributed by atoms with van der Waals surface area (Å²) >= 11 is 0. The second kappa shape index (κ2) is 5.85. The van der Waals surface area contributed by atoms with Gasteiger partial charge in [-0.2, -0.15) is 0 Å². The van der Waals surface area contributed by atoms with Crippen LogP contribution in [0.25, 0.3) is 0 Å². The normalized spacial score (nSPS) is 47.7. The molecule has 4 aliphatic rings. The fourth-order valence-electron chi connectivity index (χ4n) is 7.57. The molecule has 3 saturated carbocycles. The van der Waals surface area contributed by atoms with Crippen molar-refractivity contribution in [2.24, 2.45) is 40.4 Å². The average molecular weight is 358 g/mol. The molecular formula is C22H30O4. The third kappa shape index (κ3) is 2.20. The number of rotatable bonds is 2. The van der Waals surface area contributed by atoms with Gasteiger partial charge < -0.3 is 5.11 Å². The lowest BCUT2D eigenvalue weighted by molar-refractivity contribution is -0.143. The Labute approximate surface area is 155 Å². The molecule has 1 N–H and O–H groups in total. The summed E-state index contributed by atoms with van der Waals surface area (Å²) in [7, 11) is 0. The highest BCUT2D eigenvalue weighted by Crippen LogP contribution is 2.67. The Morgan fingerprint density at radius 1 is 1.23 bits per heavy atom. The van der Waals surface area contributed by atoms with Crippen molar-refractivity contribution in [2.45, 2.75) is 59.3 Å². The molecule has 0 radical (unpaired) electrons. The Morgan fingerprint density at radius 3 is 2.65 bits per heavy atom. The molecule has 0 aromatic carbocycles. The molecular weight excluding hydrogens is 328 g/mol. The smallest absolute Gasteiger partial charge is 0.163 e. The van der Waals surface area contributed by atoms with Crippen molar-refractivity contribution in [1.82, 2.24) is 0 Å². The van der Waals surface area contributed by atoms with Gasteiger partial charge in [-0.25, -0.2) is 0 Å². The zero-order valence-corrected chi connectivity index (χ0v) is 16.1. The van der Waals surface area contributed by atoms with Crippen LogP contribution in [-0.4, -0.2) is 29.1 Å². The first-order valence-electron chi connectivity index (χ1n) is 10.1. The Bertz CT molecular complexity index is 707. The number of ketones is 3. The number of aliphatic hydroxyl groups is 1. The van der Waals surface area contributed by atoms with E-state index < -0.39 is 5.41 Å². The van der Waals surface area contributed by atoms with Crippen molar-refractivity contribution in [3.63, 3.8) is 0 Å². The van der Waals surface area contributed by atoms with E-state index in [1.54, 1.807) is 6.08 Å². The van der Waals surface area contributed by atoms with Gasteiger partial charge in [-0.15, -0.1) is 0 Å². The summed E-state index contributed by atoms with van der Waals surface area (Å²) in [6.07, 6.45) is 6.52. The topological polar surface area (TPSA) is 71.4 Å². The number of allylic oxidation sites excluding steroid dienone is 1. The van der Waals surface area contributed by atoms with E-state index in [0.29, 0.717) is 11.8 Å². The molecule has 4 nitrogen and oxygen atoms in total. The van der Waals surface area contributed by atoms with E-state index in [4.69, 9.17) is 0 Å². The molecule has 4 aliphatic carbocycles. The fourth-order valence-corrected chi connectivity index (χ4v) is 7.57. The quantitative estimate of drug-likeness (QED) is 0.770. The number of Topliss-reactive ketones (excluding diaryl/α,β-unsaturated/α-hetero) is 2. The largest absolute Gasteiger partial charge is 0.389 e. The fraction of sp³-hybridized carbons (Fsp3) is 0.773. The highest BCUT2D eigenvalue weighted by Gasteiger charge is 2.63. The van der Waals surface area contributed by atoms with Gasteiger partial charge in [0, 0.05) is 5.92 Å². The molecule has 4 rings (SSSR count). The lowest BCUT2D eigenvalue weighted by Crippen LogP contribution is -2.54. The van der Waals surface area contributed by atoms with Crippen LogP contribution in [0.5, 0.6) is 0 Å². The Morgan fingerprint density at radius 2 is 1.96 bits per heavy atom. The molecule has 0 amide bonds. The maximum Gasteiger partial charge on any atom is 0.163 e. The molecule has 7 atom stereocenters. The van der Waals surface area contributed by atoms with Crippen molar-refractivity contribution in [3.05, 3.63) is 11.6 Å². The summed E-state index contributed by atoms with van der Waals surface area (Å²) in [5, 5.41) is 9.47. The van der Waals surface area contributed by atoms with Crippen molar-refractivity contribution in [3.8, 4) is 0 Å². The third-order valence-electron chi connectivity index (χ3n) is 8.69. The summed E-state index contributed by atoms with van der Waals surface area (Å²) in [6.45, 7) is 6.10. The van der Waals surface area contributed by atoms with E-state index in [1.165, 1.54) is 0 Å². The van der Waals surface area contributed by atoms with Crippen LogP contribution >= 0.6 is 0 Å². The van der Waals surface area contributed by atoms with Gasteiger partial charge in [0.2, 0.25) is 0 Å². The number of fused-ring (bicyclic) bond motifs is 5. The lowest BCUT2D eigenvalue weighted by atomic mass is 9.46. The number of aliphatic hydroxyl groups excluding tert-OH is 1. The van der Waals surface area contributed by atoms with Crippen LogP contribution in [0.1, 0.15) is 59.3 Å². The van der Waals surface area contributed by atoms with Crippen LogP contribution in [0.2, 0.25) is 0 Å². The molecule has 3 fully saturated rings. The van der Waals surface area contributed by atoms with Gasteiger partial charge in [0.1, 0.15) is 6.61 Å². The standard InChI is InChI=1S/C22H30O4/c1-12-8-17-15-5-4-13-9-14(24)10-19(26)22(13,3)16(15)6-7-21(17,2)20(12)18(25)11-23/h9,12,15-17,20,23H,4-8,10-11H2,1-3H3/t12?,15-,16+,17+,20-,21+,22+/m1/s1. The van der Waals surface area contributed by atoms with E-state index in [1.807, 2.05) is 0 Å². The monoisotopic (exact) mass is 358 g/mol. The highest BCUT2D eigenvalue weighted by molar-refractivity contribution is 6.11. The van der Waals surface area contributed by atoms with Gasteiger partial charge in [-0.3, -0.25) is 14.4 Å². The lowest BCUT2D eigenvalue weighted by Gasteiger charge is -2.57. The summed E-state index contributed by atoms with van der Waals surface area (Å²) in [5.74, 6) is 1.44. The second-order valence-corrected chi connectivity index (χ2v) is 9.71. The van der Waals surface area contributed by atoms with Crippen molar-refractivity contribution in [1.29, 1.82) is 0 Å². The van der Waals surface area contributed by atoms with Gasteiger partial charge in [0.15, 0.2) is 17.3 Å². The number of carbonyl (C=O) groups excluding carboxylic acids is 3. The maximum absolute atomic E-state index is 12.9. The number of carbonyl (C=O) groups is 3. The minimum absolute atomic E-state index is 0.0112. The molecule has 0 saturated heterocycles. The first kappa shape index (κ1) is 18.1. The summed E-state index contributed by atoms with van der Waals surface area (Å²) in [4.78, 5) is 37.3. The first-order valence-corrected chi connectivity index (χ1v) is 10.1. The SMILES string of the molecule is CC1C[C@H]2[C@@H]3CCC4=CC(=O)CC(=O)[C@]4(C)[C@H]3CC[C@]2(C)[C@H]1C(=O)CO.